The number of hydrogen-bond acceptors (Lipinski definition) is 5. The fraction of sp³-hybridized carbons (Fsp3) is 0.481. The molecule has 0 saturated carbocycles. The molecule has 174 valence electrons. The molecule has 0 aliphatic heterocycles. The maximum atomic E-state index is 12.6. The number of benzene rings is 2. The highest BCUT2D eigenvalue weighted by Crippen LogP contribution is 2.24. The number of carbonyl (C=O) groups is 2. The number of carbonyl (C=O) groups excluding carboxylic acids is 2. The summed E-state index contributed by atoms with van der Waals surface area (Å²) in [6, 6.07) is 12.4. The van der Waals surface area contributed by atoms with Gasteiger partial charge in [0.05, 0.1) is 18.8 Å². The zero-order valence-electron chi connectivity index (χ0n) is 19.6. The summed E-state index contributed by atoms with van der Waals surface area (Å²) in [6.45, 7) is 4.08. The van der Waals surface area contributed by atoms with E-state index in [1.54, 1.807) is 31.4 Å². The molecule has 1 unspecified atom stereocenters. The van der Waals surface area contributed by atoms with Crippen molar-refractivity contribution >= 4 is 11.8 Å². The van der Waals surface area contributed by atoms with Gasteiger partial charge < -0.3 is 14.6 Å². The quantitative estimate of drug-likeness (QED) is 0.227. The highest BCUT2D eigenvalue weighted by atomic mass is 16.5. The van der Waals surface area contributed by atoms with Gasteiger partial charge in [-0.15, -0.1) is 0 Å². The smallest absolute Gasteiger partial charge is 0.343 e. The number of Topliss-reactive ketones (excluding diaryl/α,β-unsaturated/α-hetero) is 1. The Morgan fingerprint density at radius 3 is 2.50 bits per heavy atom. The third-order valence-corrected chi connectivity index (χ3v) is 5.60. The summed E-state index contributed by atoms with van der Waals surface area (Å²) in [7, 11) is 1.56. The van der Waals surface area contributed by atoms with Gasteiger partial charge in [0.25, 0.3) is 0 Å². The molecular weight excluding hydrogens is 404 g/mol. The van der Waals surface area contributed by atoms with Crippen molar-refractivity contribution in [2.24, 2.45) is 0 Å². The number of aryl methyl sites for hydroxylation is 2. The number of ketones is 1. The third-order valence-electron chi connectivity index (χ3n) is 5.60. The molecule has 32 heavy (non-hydrogen) atoms. The molecule has 0 amide bonds. The first-order valence-corrected chi connectivity index (χ1v) is 11.6. The van der Waals surface area contributed by atoms with Gasteiger partial charge in [-0.1, -0.05) is 63.3 Å². The topological polar surface area (TPSA) is 72.8 Å². The van der Waals surface area contributed by atoms with Crippen LogP contribution >= 0.6 is 0 Å². The molecule has 0 aliphatic rings. The van der Waals surface area contributed by atoms with Crippen LogP contribution in [0, 0.1) is 6.92 Å². The van der Waals surface area contributed by atoms with E-state index in [0.717, 1.165) is 24.0 Å². The van der Waals surface area contributed by atoms with E-state index >= 15 is 0 Å². The lowest BCUT2D eigenvalue weighted by Crippen LogP contribution is -2.14. The Balaban J connectivity index is 1.88. The molecule has 1 atom stereocenters. The number of esters is 1. The fourth-order valence-corrected chi connectivity index (χ4v) is 3.64. The maximum Gasteiger partial charge on any atom is 0.343 e. The van der Waals surface area contributed by atoms with Gasteiger partial charge in [0.15, 0.2) is 0 Å². The number of rotatable bonds is 14. The molecule has 0 saturated heterocycles. The van der Waals surface area contributed by atoms with Gasteiger partial charge in [-0.3, -0.25) is 4.79 Å². The Bertz CT molecular complexity index is 874. The number of aliphatic hydroxyl groups excluding tert-OH is 1. The lowest BCUT2D eigenvalue weighted by molar-refractivity contribution is -0.121. The van der Waals surface area contributed by atoms with E-state index in [0.29, 0.717) is 36.3 Å². The zero-order chi connectivity index (χ0) is 23.3. The molecule has 0 radical (unpaired) electrons. The van der Waals surface area contributed by atoms with Crippen LogP contribution in [-0.4, -0.2) is 30.1 Å². The van der Waals surface area contributed by atoms with Gasteiger partial charge in [0.2, 0.25) is 0 Å². The molecule has 2 aromatic carbocycles. The summed E-state index contributed by atoms with van der Waals surface area (Å²) >= 11 is 0. The molecule has 0 aromatic heterocycles. The first-order chi connectivity index (χ1) is 15.4. The SMILES string of the molecule is CCCCCCCC(O)CC(=O)CCc1ccccc1OC(=O)c1ccc(C)c(OC)c1. The van der Waals surface area contributed by atoms with Crippen molar-refractivity contribution in [3.05, 3.63) is 59.2 Å². The van der Waals surface area contributed by atoms with Crippen LogP contribution in [0.3, 0.4) is 0 Å². The van der Waals surface area contributed by atoms with Crippen LogP contribution in [0.5, 0.6) is 11.5 Å². The van der Waals surface area contributed by atoms with Crippen LogP contribution in [0.1, 0.15) is 79.8 Å². The van der Waals surface area contributed by atoms with Crippen LogP contribution < -0.4 is 9.47 Å². The first-order valence-electron chi connectivity index (χ1n) is 11.6. The minimum atomic E-state index is -0.575. The lowest BCUT2D eigenvalue weighted by Gasteiger charge is -2.12. The van der Waals surface area contributed by atoms with E-state index < -0.39 is 12.1 Å². The van der Waals surface area contributed by atoms with Gasteiger partial charge in [-0.25, -0.2) is 4.79 Å². The summed E-state index contributed by atoms with van der Waals surface area (Å²) in [5.41, 5.74) is 2.13. The molecule has 2 aromatic rings. The van der Waals surface area contributed by atoms with Crippen molar-refractivity contribution in [1.82, 2.24) is 0 Å². The van der Waals surface area contributed by atoms with Crippen molar-refractivity contribution in [2.75, 3.05) is 7.11 Å². The highest BCUT2D eigenvalue weighted by molar-refractivity contribution is 5.91. The minimum absolute atomic E-state index is 0.0236. The number of unbranched alkanes of at least 4 members (excludes halogenated alkanes) is 4. The Morgan fingerprint density at radius 2 is 1.75 bits per heavy atom. The fourth-order valence-electron chi connectivity index (χ4n) is 3.64. The van der Waals surface area contributed by atoms with Crippen LogP contribution in [0.15, 0.2) is 42.5 Å². The second kappa shape index (κ2) is 13.7. The normalized spacial score (nSPS) is 11.8. The van der Waals surface area contributed by atoms with Crippen molar-refractivity contribution < 1.29 is 24.2 Å². The van der Waals surface area contributed by atoms with Gasteiger partial charge in [0.1, 0.15) is 17.3 Å². The third kappa shape index (κ3) is 8.46. The van der Waals surface area contributed by atoms with E-state index in [-0.39, 0.29) is 12.2 Å². The van der Waals surface area contributed by atoms with Gasteiger partial charge in [-0.2, -0.15) is 0 Å². The molecule has 0 bridgehead atoms. The van der Waals surface area contributed by atoms with E-state index in [1.807, 2.05) is 25.1 Å². The molecular formula is C27H36O5. The zero-order valence-corrected chi connectivity index (χ0v) is 19.6. The van der Waals surface area contributed by atoms with Crippen molar-refractivity contribution in [2.45, 2.75) is 77.7 Å². The molecule has 0 aliphatic carbocycles. The number of methoxy groups -OCH3 is 1. The summed E-state index contributed by atoms with van der Waals surface area (Å²) in [5, 5.41) is 10.1. The van der Waals surface area contributed by atoms with E-state index in [9.17, 15) is 14.7 Å². The summed E-state index contributed by atoms with van der Waals surface area (Å²) < 4.78 is 10.9. The molecule has 2 rings (SSSR count). The molecule has 1 N–H and O–H groups in total. The Kier molecular flexibility index (Phi) is 10.9. The Morgan fingerprint density at radius 1 is 1.00 bits per heavy atom. The number of hydrogen-bond donors (Lipinski definition) is 1. The second-order valence-corrected chi connectivity index (χ2v) is 8.28. The average Bonchev–Trinajstić information content (AvgIpc) is 2.78. The van der Waals surface area contributed by atoms with Crippen molar-refractivity contribution in [1.29, 1.82) is 0 Å². The number of aliphatic hydroxyl groups is 1. The predicted octanol–water partition coefficient (Wildman–Crippen LogP) is 5.84. The van der Waals surface area contributed by atoms with Crippen LogP contribution in [0.4, 0.5) is 0 Å². The molecule has 5 heteroatoms. The van der Waals surface area contributed by atoms with E-state index in [4.69, 9.17) is 9.47 Å². The summed E-state index contributed by atoms with van der Waals surface area (Å²) in [6.07, 6.45) is 6.69. The van der Waals surface area contributed by atoms with Crippen molar-refractivity contribution in [3.8, 4) is 11.5 Å². The largest absolute Gasteiger partial charge is 0.496 e. The van der Waals surface area contributed by atoms with E-state index in [2.05, 4.69) is 6.92 Å². The van der Waals surface area contributed by atoms with Crippen LogP contribution in [0.25, 0.3) is 0 Å². The Labute approximate surface area is 191 Å². The first kappa shape index (κ1) is 25.6. The van der Waals surface area contributed by atoms with Crippen LogP contribution in [-0.2, 0) is 11.2 Å². The van der Waals surface area contributed by atoms with Gasteiger partial charge in [-0.05, 0) is 49.1 Å². The molecule has 0 spiro atoms. The standard InChI is InChI=1S/C27H36O5/c1-4-5-6-7-8-12-23(28)19-24(29)17-16-21-11-9-10-13-25(21)32-27(30)22-15-14-20(2)26(18-22)31-3/h9-11,13-15,18,23,28H,4-8,12,16-17,19H2,1-3H3. The maximum absolute atomic E-state index is 12.6. The van der Waals surface area contributed by atoms with Crippen molar-refractivity contribution in [3.63, 3.8) is 0 Å². The molecule has 5 nitrogen and oxygen atoms in total. The molecule has 0 fully saturated rings. The van der Waals surface area contributed by atoms with E-state index in [1.165, 1.54) is 19.3 Å². The summed E-state index contributed by atoms with van der Waals surface area (Å²) in [5.74, 6) is 0.625. The van der Waals surface area contributed by atoms with Crippen LogP contribution in [0.2, 0.25) is 0 Å². The number of ether oxygens (including phenoxy) is 2. The summed E-state index contributed by atoms with van der Waals surface area (Å²) in [4.78, 5) is 25.0. The lowest BCUT2D eigenvalue weighted by atomic mass is 10.0. The Hall–Kier alpha value is -2.66. The second-order valence-electron chi connectivity index (χ2n) is 8.28. The molecule has 0 heterocycles. The van der Waals surface area contributed by atoms with Gasteiger partial charge in [0, 0.05) is 12.8 Å². The monoisotopic (exact) mass is 440 g/mol. The average molecular weight is 441 g/mol. The predicted molar refractivity (Wildman–Crippen MR) is 126 cm³/mol. The van der Waals surface area contributed by atoms with Gasteiger partial charge >= 0.3 is 5.97 Å². The number of para-hydroxylation sites is 1. The minimum Gasteiger partial charge on any atom is -0.496 e. The highest BCUT2D eigenvalue weighted by Gasteiger charge is 2.15.